The smallest absolute Gasteiger partial charge is 0.416 e. The maximum absolute atomic E-state index is 15.3. The van der Waals surface area contributed by atoms with E-state index in [0.29, 0.717) is 68.7 Å². The Kier molecular flexibility index (Phi) is 12.2. The highest BCUT2D eigenvalue weighted by Crippen LogP contribution is 2.78. The molecule has 4 aromatic rings. The third-order valence-electron chi connectivity index (χ3n) is 16.6. The number of ether oxygens (including phenoxy) is 3. The summed E-state index contributed by atoms with van der Waals surface area (Å²) in [6.07, 6.45) is 4.76. The van der Waals surface area contributed by atoms with Crippen molar-refractivity contribution >= 4 is 17.4 Å². The Morgan fingerprint density at radius 1 is 0.924 bits per heavy atom. The van der Waals surface area contributed by atoms with Gasteiger partial charge in [0.2, 0.25) is 5.78 Å². The fourth-order valence-electron chi connectivity index (χ4n) is 13.2. The number of carbonyl (C=O) groups excluding carboxylic acids is 1. The zero-order chi connectivity index (χ0) is 46.9. The van der Waals surface area contributed by atoms with E-state index in [1.54, 1.807) is 14.2 Å². The molecule has 3 fully saturated rings. The van der Waals surface area contributed by atoms with E-state index in [4.69, 9.17) is 30.2 Å². The molecular formula is C53H59ClF3NO8. The van der Waals surface area contributed by atoms with Gasteiger partial charge in [-0.25, -0.2) is 0 Å². The van der Waals surface area contributed by atoms with Gasteiger partial charge >= 0.3 is 6.18 Å². The van der Waals surface area contributed by atoms with Crippen LogP contribution < -0.4 is 9.47 Å². The van der Waals surface area contributed by atoms with Crippen LogP contribution in [0.4, 0.5) is 13.2 Å². The van der Waals surface area contributed by atoms with E-state index in [2.05, 4.69) is 37.0 Å². The van der Waals surface area contributed by atoms with Crippen LogP contribution in [0.5, 0.6) is 11.5 Å². The van der Waals surface area contributed by atoms with E-state index in [-0.39, 0.29) is 64.8 Å². The number of benzene rings is 3. The van der Waals surface area contributed by atoms with Crippen LogP contribution in [-0.2, 0) is 24.1 Å². The van der Waals surface area contributed by atoms with Gasteiger partial charge < -0.3 is 33.9 Å². The zero-order valence-corrected chi connectivity index (χ0v) is 38.6. The first-order valence-electron chi connectivity index (χ1n) is 23.0. The number of carbonyl (C=O) groups is 1. The molecule has 2 spiro atoms. The Morgan fingerprint density at radius 2 is 1.67 bits per heavy atom. The van der Waals surface area contributed by atoms with Gasteiger partial charge in [-0.15, -0.1) is 0 Å². The van der Waals surface area contributed by atoms with E-state index in [1.165, 1.54) is 18.2 Å². The number of Topliss-reactive ketones (excluding diaryl/α,β-unsaturated/α-hetero) is 1. The zero-order valence-electron chi connectivity index (χ0n) is 37.9. The second kappa shape index (κ2) is 17.3. The molecule has 2 bridgehead atoms. The van der Waals surface area contributed by atoms with Gasteiger partial charge in [-0.05, 0) is 104 Å². The molecule has 0 saturated heterocycles. The predicted molar refractivity (Wildman–Crippen MR) is 244 cm³/mol. The highest BCUT2D eigenvalue weighted by molar-refractivity contribution is 6.33. The van der Waals surface area contributed by atoms with Crippen molar-refractivity contribution in [1.29, 1.82) is 0 Å². The lowest BCUT2D eigenvalue weighted by molar-refractivity contribution is -0.177. The average Bonchev–Trinajstić information content (AvgIpc) is 3.88. The largest absolute Gasteiger partial charge is 0.497 e. The minimum Gasteiger partial charge on any atom is -0.497 e. The lowest BCUT2D eigenvalue weighted by Crippen LogP contribution is -2.67. The molecule has 0 radical (unpaired) electrons. The molecule has 352 valence electrons. The second-order valence-electron chi connectivity index (χ2n) is 20.0. The molecule has 13 heteroatoms. The Labute approximate surface area is 389 Å². The minimum absolute atomic E-state index is 0.0116. The number of aliphatic hydroxyl groups excluding tert-OH is 2. The molecule has 6 aliphatic carbocycles. The van der Waals surface area contributed by atoms with Gasteiger partial charge in [0.25, 0.3) is 0 Å². The van der Waals surface area contributed by atoms with Crippen LogP contribution in [0.3, 0.4) is 0 Å². The van der Waals surface area contributed by atoms with Crippen LogP contribution in [0.2, 0.25) is 5.02 Å². The van der Waals surface area contributed by atoms with Crippen molar-refractivity contribution in [3.8, 4) is 22.8 Å². The van der Waals surface area contributed by atoms with Gasteiger partial charge in [0.15, 0.2) is 5.76 Å². The van der Waals surface area contributed by atoms with E-state index in [1.807, 2.05) is 48.5 Å². The van der Waals surface area contributed by atoms with Gasteiger partial charge in [-0.1, -0.05) is 80.1 Å². The summed E-state index contributed by atoms with van der Waals surface area (Å²) in [5, 5.41) is 36.2. The van der Waals surface area contributed by atoms with Gasteiger partial charge in [-0.2, -0.15) is 13.2 Å². The number of methoxy groups -OCH3 is 2. The molecule has 0 aliphatic heterocycles. The number of hydrogen-bond acceptors (Lipinski definition) is 9. The summed E-state index contributed by atoms with van der Waals surface area (Å²) >= 11 is 6.43. The van der Waals surface area contributed by atoms with Crippen molar-refractivity contribution in [2.45, 2.75) is 95.9 Å². The molecule has 10 rings (SSSR count). The molecule has 6 aliphatic rings. The molecule has 9 nitrogen and oxygen atoms in total. The maximum Gasteiger partial charge on any atom is 0.416 e. The number of nitrogens with zero attached hydrogens (tertiary/aromatic N) is 1. The predicted octanol–water partition coefficient (Wildman–Crippen LogP) is 10.5. The van der Waals surface area contributed by atoms with Crippen LogP contribution in [0, 0.1) is 33.5 Å². The molecule has 9 unspecified atom stereocenters. The molecule has 1 heterocycles. The van der Waals surface area contributed by atoms with Crippen molar-refractivity contribution in [3.63, 3.8) is 0 Å². The Bertz CT molecular complexity index is 2530. The Balaban J connectivity index is 1.06. The number of aliphatic hydroxyl groups is 3. The summed E-state index contributed by atoms with van der Waals surface area (Å²) in [4.78, 5) is 17.4. The van der Waals surface area contributed by atoms with Crippen molar-refractivity contribution in [2.75, 3.05) is 33.9 Å². The van der Waals surface area contributed by atoms with Crippen molar-refractivity contribution < 1.29 is 51.9 Å². The molecular weight excluding hydrogens is 871 g/mol. The number of allylic oxidation sites excluding steroid dienone is 4. The van der Waals surface area contributed by atoms with Gasteiger partial charge in [0, 0.05) is 58.6 Å². The van der Waals surface area contributed by atoms with Crippen molar-refractivity contribution in [2.24, 2.45) is 33.5 Å². The SMILES string of the molecule is COc1ccc(CN(CC(O)COCc2ccccc2)CC2(O)CCC3C45C=CC6(C=C4C(=O)c4ccc(-c7cc(C(F)(F)F)ccc7Cl)o4)CC(O)CCC6(C)C5CCC32C)c(OC)c1. The number of fused-ring (bicyclic) bond motifs is 1. The normalized spacial score (nSPS) is 31.5. The van der Waals surface area contributed by atoms with Crippen LogP contribution in [0.15, 0.2) is 107 Å². The third-order valence-corrected chi connectivity index (χ3v) is 16.9. The standard InChI is InChI=1S/C53H59ClF3NO8/c1-48-19-16-36(59)26-50(48)22-23-52(40(27-50)47(61)43-15-14-42(66-43)39-24-35(53(55,56)57)11-13-41(39)54)45(48)17-20-49(2)46(52)18-21-51(49,62)32-58(28-34-10-12-38(63-3)25-44(34)64-4)29-37(60)31-65-30-33-8-6-5-7-9-33/h5-15,22-25,27,36-37,45-46,59-60,62H,16-21,26,28-32H2,1-4H3. The third kappa shape index (κ3) is 7.73. The molecule has 0 amide bonds. The minimum atomic E-state index is -4.61. The number of furan rings is 1. The van der Waals surface area contributed by atoms with Gasteiger partial charge in [-0.3, -0.25) is 9.69 Å². The average molecular weight is 931 g/mol. The van der Waals surface area contributed by atoms with Crippen LogP contribution in [0.1, 0.15) is 86.0 Å². The second-order valence-corrected chi connectivity index (χ2v) is 20.4. The highest BCUT2D eigenvalue weighted by atomic mass is 35.5. The van der Waals surface area contributed by atoms with Gasteiger partial charge in [0.05, 0.1) is 55.8 Å². The van der Waals surface area contributed by atoms with Crippen molar-refractivity contribution in [1.82, 2.24) is 4.90 Å². The number of hydrogen-bond donors (Lipinski definition) is 3. The van der Waals surface area contributed by atoms with Crippen LogP contribution in [0.25, 0.3) is 11.3 Å². The highest BCUT2D eigenvalue weighted by Gasteiger charge is 2.74. The number of alkyl halides is 3. The summed E-state index contributed by atoms with van der Waals surface area (Å²) < 4.78 is 64.8. The maximum atomic E-state index is 15.3. The number of halogens is 4. The fourth-order valence-corrected chi connectivity index (χ4v) is 13.5. The summed E-state index contributed by atoms with van der Waals surface area (Å²) in [6.45, 7) is 5.65. The van der Waals surface area contributed by atoms with E-state index in [9.17, 15) is 28.5 Å². The lowest BCUT2D eigenvalue weighted by Gasteiger charge is -2.71. The van der Waals surface area contributed by atoms with E-state index >= 15 is 4.79 Å². The topological polar surface area (TPSA) is 122 Å². The van der Waals surface area contributed by atoms with Crippen molar-refractivity contribution in [3.05, 3.63) is 130 Å². The first-order chi connectivity index (χ1) is 31.4. The summed E-state index contributed by atoms with van der Waals surface area (Å²) in [5.74, 6) is 0.697. The molecule has 9 atom stereocenters. The van der Waals surface area contributed by atoms with E-state index < -0.39 is 45.8 Å². The summed E-state index contributed by atoms with van der Waals surface area (Å²) in [6, 6.07) is 21.4. The molecule has 3 saturated carbocycles. The van der Waals surface area contributed by atoms with Crippen LogP contribution in [-0.4, -0.2) is 77.7 Å². The molecule has 3 aromatic carbocycles. The quantitative estimate of drug-likeness (QED) is 0.0790. The molecule has 66 heavy (non-hydrogen) atoms. The monoisotopic (exact) mass is 929 g/mol. The summed E-state index contributed by atoms with van der Waals surface area (Å²) in [5.41, 5.74) is -2.19. The first kappa shape index (κ1) is 46.7. The molecule has 1 aromatic heterocycles. The molecule has 3 N–H and O–H groups in total. The fraction of sp³-hybridized carbons (Fsp3) is 0.491. The first-order valence-corrected chi connectivity index (χ1v) is 23.4. The Morgan fingerprint density at radius 3 is 2.41 bits per heavy atom. The van der Waals surface area contributed by atoms with Crippen LogP contribution >= 0.6 is 11.6 Å². The summed E-state index contributed by atoms with van der Waals surface area (Å²) in [7, 11) is 3.19. The number of rotatable bonds is 15. The lowest BCUT2D eigenvalue weighted by atomic mass is 9.32. The van der Waals surface area contributed by atoms with Gasteiger partial charge in [0.1, 0.15) is 17.3 Å². The Hall–Kier alpha value is -4.43. The van der Waals surface area contributed by atoms with E-state index in [0.717, 1.165) is 29.7 Å². The number of ketones is 1.